The Bertz CT molecular complexity index is 220. The molecule has 0 unspecified atom stereocenters. The normalized spacial score (nSPS) is 12.1. The van der Waals surface area contributed by atoms with Crippen molar-refractivity contribution < 1.29 is 19.8 Å². The fourth-order valence-electron chi connectivity index (χ4n) is 1.00. The van der Waals surface area contributed by atoms with E-state index in [1.165, 1.54) is 0 Å². The second-order valence-electron chi connectivity index (χ2n) is 2.86. The van der Waals surface area contributed by atoms with Crippen LogP contribution in [0.5, 0.6) is 0 Å². The first-order valence-electron chi connectivity index (χ1n) is 4.15. The summed E-state index contributed by atoms with van der Waals surface area (Å²) in [6.45, 7) is 5.17. The van der Waals surface area contributed by atoms with Gasteiger partial charge in [0, 0.05) is 5.57 Å². The van der Waals surface area contributed by atoms with Crippen molar-refractivity contribution in [2.45, 2.75) is 26.2 Å². The lowest BCUT2D eigenvalue weighted by molar-refractivity contribution is -0.144. The summed E-state index contributed by atoms with van der Waals surface area (Å²) in [7, 11) is 0. The number of unbranched alkanes of at least 4 members (excludes halogenated alkanes) is 1. The van der Waals surface area contributed by atoms with Gasteiger partial charge in [-0.1, -0.05) is 26.3 Å². The van der Waals surface area contributed by atoms with Crippen LogP contribution in [0.25, 0.3) is 0 Å². The van der Waals surface area contributed by atoms with Gasteiger partial charge in [-0.25, -0.2) is 4.79 Å². The van der Waals surface area contributed by atoms with Crippen LogP contribution in [0.2, 0.25) is 0 Å². The fourth-order valence-corrected chi connectivity index (χ4v) is 1.00. The van der Waals surface area contributed by atoms with E-state index in [1.54, 1.807) is 0 Å². The monoisotopic (exact) mass is 186 g/mol. The molecule has 1 atom stereocenters. The molecular weight excluding hydrogens is 172 g/mol. The molecule has 74 valence electrons. The van der Waals surface area contributed by atoms with Crippen molar-refractivity contribution in [2.75, 3.05) is 0 Å². The molecule has 0 rings (SSSR count). The van der Waals surface area contributed by atoms with Gasteiger partial charge in [-0.05, 0) is 6.42 Å². The number of hydrogen-bond donors (Lipinski definition) is 2. The van der Waals surface area contributed by atoms with Crippen LogP contribution in [0.3, 0.4) is 0 Å². The van der Waals surface area contributed by atoms with Gasteiger partial charge in [0.15, 0.2) is 0 Å². The van der Waals surface area contributed by atoms with Gasteiger partial charge in [-0.3, -0.25) is 4.79 Å². The van der Waals surface area contributed by atoms with Crippen LogP contribution in [-0.2, 0) is 9.59 Å². The Hall–Kier alpha value is -1.32. The Balaban J connectivity index is 4.33. The molecule has 0 aliphatic heterocycles. The van der Waals surface area contributed by atoms with E-state index >= 15 is 0 Å². The van der Waals surface area contributed by atoms with Gasteiger partial charge >= 0.3 is 11.9 Å². The van der Waals surface area contributed by atoms with Crippen LogP contribution in [0.15, 0.2) is 12.2 Å². The predicted molar refractivity (Wildman–Crippen MR) is 47.4 cm³/mol. The smallest absolute Gasteiger partial charge is 0.331 e. The summed E-state index contributed by atoms with van der Waals surface area (Å²) in [4.78, 5) is 21.1. The molecular formula is C9H14O4. The van der Waals surface area contributed by atoms with Crippen molar-refractivity contribution in [1.29, 1.82) is 0 Å². The highest BCUT2D eigenvalue weighted by Crippen LogP contribution is 2.17. The number of rotatable bonds is 6. The summed E-state index contributed by atoms with van der Waals surface area (Å²) in [5, 5.41) is 17.2. The minimum atomic E-state index is -1.23. The Morgan fingerprint density at radius 1 is 1.38 bits per heavy atom. The molecule has 0 aromatic carbocycles. The van der Waals surface area contributed by atoms with Gasteiger partial charge in [0.1, 0.15) is 0 Å². The lowest BCUT2D eigenvalue weighted by atomic mass is 9.95. The average molecular weight is 186 g/mol. The Labute approximate surface area is 76.9 Å². The van der Waals surface area contributed by atoms with E-state index in [4.69, 9.17) is 10.2 Å². The van der Waals surface area contributed by atoms with Gasteiger partial charge in [0.05, 0.1) is 5.92 Å². The SMILES string of the molecule is C=C(C(=O)O)[C@H](CCCC)C(=O)O. The highest BCUT2D eigenvalue weighted by atomic mass is 16.4. The van der Waals surface area contributed by atoms with Crippen molar-refractivity contribution in [3.63, 3.8) is 0 Å². The highest BCUT2D eigenvalue weighted by molar-refractivity contribution is 5.93. The number of aliphatic carboxylic acids is 2. The molecule has 2 N–H and O–H groups in total. The summed E-state index contributed by atoms with van der Waals surface area (Å²) in [6, 6.07) is 0. The van der Waals surface area contributed by atoms with Gasteiger partial charge < -0.3 is 10.2 Å². The van der Waals surface area contributed by atoms with Gasteiger partial charge in [-0.2, -0.15) is 0 Å². The maximum Gasteiger partial charge on any atom is 0.331 e. The number of carboxylic acid groups (broad SMARTS) is 2. The van der Waals surface area contributed by atoms with Crippen molar-refractivity contribution in [2.24, 2.45) is 5.92 Å². The van der Waals surface area contributed by atoms with E-state index in [0.717, 1.165) is 6.42 Å². The summed E-state index contributed by atoms with van der Waals surface area (Å²) in [5.41, 5.74) is -0.235. The van der Waals surface area contributed by atoms with E-state index in [0.29, 0.717) is 12.8 Å². The van der Waals surface area contributed by atoms with Crippen LogP contribution >= 0.6 is 0 Å². The van der Waals surface area contributed by atoms with Crippen LogP contribution in [-0.4, -0.2) is 22.2 Å². The number of carboxylic acids is 2. The van der Waals surface area contributed by atoms with Crippen LogP contribution < -0.4 is 0 Å². The third-order valence-electron chi connectivity index (χ3n) is 1.84. The van der Waals surface area contributed by atoms with Gasteiger partial charge in [-0.15, -0.1) is 0 Å². The van der Waals surface area contributed by atoms with E-state index < -0.39 is 17.9 Å². The first-order chi connectivity index (χ1) is 6.00. The van der Waals surface area contributed by atoms with E-state index in [-0.39, 0.29) is 5.57 Å². The molecule has 4 heteroatoms. The predicted octanol–water partition coefficient (Wildman–Crippen LogP) is 1.52. The topological polar surface area (TPSA) is 74.6 Å². The molecule has 4 nitrogen and oxygen atoms in total. The highest BCUT2D eigenvalue weighted by Gasteiger charge is 2.24. The second kappa shape index (κ2) is 5.35. The Kier molecular flexibility index (Phi) is 4.80. The molecule has 0 saturated carbocycles. The third kappa shape index (κ3) is 3.73. The molecule has 0 aliphatic carbocycles. The lowest BCUT2D eigenvalue weighted by Gasteiger charge is -2.10. The van der Waals surface area contributed by atoms with Gasteiger partial charge in [0.25, 0.3) is 0 Å². The first-order valence-corrected chi connectivity index (χ1v) is 4.15. The summed E-state index contributed by atoms with van der Waals surface area (Å²) < 4.78 is 0. The molecule has 0 spiro atoms. The largest absolute Gasteiger partial charge is 0.481 e. The quantitative estimate of drug-likeness (QED) is 0.616. The zero-order valence-electron chi connectivity index (χ0n) is 7.62. The zero-order valence-corrected chi connectivity index (χ0v) is 7.62. The fraction of sp³-hybridized carbons (Fsp3) is 0.556. The van der Waals surface area contributed by atoms with Crippen molar-refractivity contribution in [1.82, 2.24) is 0 Å². The van der Waals surface area contributed by atoms with Crippen molar-refractivity contribution >= 4 is 11.9 Å². The van der Waals surface area contributed by atoms with E-state index in [1.807, 2.05) is 6.92 Å². The summed E-state index contributed by atoms with van der Waals surface area (Å²) >= 11 is 0. The van der Waals surface area contributed by atoms with Crippen LogP contribution in [0, 0.1) is 5.92 Å². The maximum atomic E-state index is 10.6. The molecule has 0 heterocycles. The minimum Gasteiger partial charge on any atom is -0.481 e. The number of carbonyl (C=O) groups is 2. The molecule has 0 radical (unpaired) electrons. The molecule has 0 aliphatic rings. The summed E-state index contributed by atoms with van der Waals surface area (Å²) in [6.07, 6.45) is 1.89. The van der Waals surface area contributed by atoms with E-state index in [2.05, 4.69) is 6.58 Å². The standard InChI is InChI=1S/C9H14O4/c1-3-4-5-7(9(12)13)6(2)8(10)11/h7H,2-5H2,1H3,(H,10,11)(H,12,13)/t7-/m0/s1. The second-order valence-corrected chi connectivity index (χ2v) is 2.86. The lowest BCUT2D eigenvalue weighted by Crippen LogP contribution is -2.20. The molecule has 0 bridgehead atoms. The van der Waals surface area contributed by atoms with Crippen LogP contribution in [0.1, 0.15) is 26.2 Å². The zero-order chi connectivity index (χ0) is 10.4. The molecule has 0 aromatic rings. The molecule has 0 aromatic heterocycles. The first kappa shape index (κ1) is 11.7. The van der Waals surface area contributed by atoms with Gasteiger partial charge in [0.2, 0.25) is 0 Å². The Morgan fingerprint density at radius 2 is 1.92 bits per heavy atom. The third-order valence-corrected chi connectivity index (χ3v) is 1.84. The van der Waals surface area contributed by atoms with Crippen molar-refractivity contribution in [3.8, 4) is 0 Å². The number of hydrogen-bond acceptors (Lipinski definition) is 2. The Morgan fingerprint density at radius 3 is 2.23 bits per heavy atom. The minimum absolute atomic E-state index is 0.235. The van der Waals surface area contributed by atoms with Crippen molar-refractivity contribution in [3.05, 3.63) is 12.2 Å². The molecule has 0 saturated heterocycles. The molecule has 13 heavy (non-hydrogen) atoms. The van der Waals surface area contributed by atoms with Crippen LogP contribution in [0.4, 0.5) is 0 Å². The van der Waals surface area contributed by atoms with E-state index in [9.17, 15) is 9.59 Å². The average Bonchev–Trinajstić information content (AvgIpc) is 2.04. The molecule has 0 amide bonds. The molecule has 0 fully saturated rings. The summed E-state index contributed by atoms with van der Waals surface area (Å²) in [5.74, 6) is -3.29. The maximum absolute atomic E-state index is 10.6.